The maximum atomic E-state index is 12.3. The normalized spacial score (nSPS) is 12.5. The molecule has 1 atom stereocenters. The second-order valence-electron chi connectivity index (χ2n) is 5.35. The van der Waals surface area contributed by atoms with Gasteiger partial charge in [0.25, 0.3) is 0 Å². The molecule has 0 aromatic heterocycles. The highest BCUT2D eigenvalue weighted by Crippen LogP contribution is 2.16. The molecule has 1 N–H and O–H groups in total. The molecule has 4 nitrogen and oxygen atoms in total. The van der Waals surface area contributed by atoms with Crippen LogP contribution < -0.4 is 0 Å². The molecular formula is C17H31NO3. The summed E-state index contributed by atoms with van der Waals surface area (Å²) in [5, 5.41) is 8.97. The molecule has 1 amide bonds. The lowest BCUT2D eigenvalue weighted by molar-refractivity contribution is -0.144. The van der Waals surface area contributed by atoms with Crippen LogP contribution in [-0.2, 0) is 9.59 Å². The van der Waals surface area contributed by atoms with Gasteiger partial charge >= 0.3 is 5.97 Å². The van der Waals surface area contributed by atoms with Gasteiger partial charge in [-0.05, 0) is 39.5 Å². The number of rotatable bonds is 12. The molecule has 0 rings (SSSR count). The third-order valence-electron chi connectivity index (χ3n) is 3.67. The van der Waals surface area contributed by atoms with E-state index in [2.05, 4.69) is 19.1 Å². The summed E-state index contributed by atoms with van der Waals surface area (Å²) in [6, 6.07) is 0. The van der Waals surface area contributed by atoms with E-state index in [0.29, 0.717) is 19.5 Å². The Morgan fingerprint density at radius 2 is 1.67 bits per heavy atom. The predicted octanol–water partition coefficient (Wildman–Crippen LogP) is 3.86. The third-order valence-corrected chi connectivity index (χ3v) is 3.67. The smallest absolute Gasteiger partial charge is 0.304 e. The van der Waals surface area contributed by atoms with Gasteiger partial charge in [0.05, 0.1) is 6.42 Å². The third kappa shape index (κ3) is 9.27. The van der Waals surface area contributed by atoms with Crippen molar-refractivity contribution in [3.63, 3.8) is 0 Å². The Bertz CT molecular complexity index is 322. The Hall–Kier alpha value is -1.32. The summed E-state index contributed by atoms with van der Waals surface area (Å²) in [6.45, 7) is 7.30. The summed E-state index contributed by atoms with van der Waals surface area (Å²) >= 11 is 0. The van der Waals surface area contributed by atoms with Gasteiger partial charge in [-0.15, -0.1) is 0 Å². The first-order chi connectivity index (χ1) is 10.1. The number of hydrogen-bond acceptors (Lipinski definition) is 2. The number of unbranched alkanes of at least 4 members (excludes halogenated alkanes) is 3. The van der Waals surface area contributed by atoms with Crippen LogP contribution in [0, 0.1) is 5.92 Å². The second-order valence-corrected chi connectivity index (χ2v) is 5.35. The Labute approximate surface area is 129 Å². The molecule has 4 heteroatoms. The highest BCUT2D eigenvalue weighted by atomic mass is 16.4. The first-order valence-electron chi connectivity index (χ1n) is 8.22. The average molecular weight is 297 g/mol. The minimum absolute atomic E-state index is 0.0261. The van der Waals surface area contributed by atoms with Crippen LogP contribution in [0.2, 0.25) is 0 Å². The number of carbonyl (C=O) groups excluding carboxylic acids is 1. The van der Waals surface area contributed by atoms with Crippen molar-refractivity contribution in [3.05, 3.63) is 12.2 Å². The van der Waals surface area contributed by atoms with Crippen molar-refractivity contribution in [1.29, 1.82) is 0 Å². The second kappa shape index (κ2) is 12.4. The Morgan fingerprint density at radius 3 is 2.19 bits per heavy atom. The maximum Gasteiger partial charge on any atom is 0.304 e. The van der Waals surface area contributed by atoms with Crippen LogP contribution in [0.3, 0.4) is 0 Å². The molecule has 1 unspecified atom stereocenters. The van der Waals surface area contributed by atoms with Crippen LogP contribution >= 0.6 is 0 Å². The number of carboxylic acid groups (broad SMARTS) is 1. The molecule has 0 radical (unpaired) electrons. The van der Waals surface area contributed by atoms with Crippen LogP contribution in [0.5, 0.6) is 0 Å². The Kier molecular flexibility index (Phi) is 11.6. The van der Waals surface area contributed by atoms with E-state index in [1.54, 1.807) is 4.90 Å². The zero-order valence-corrected chi connectivity index (χ0v) is 13.8. The molecule has 0 aliphatic carbocycles. The maximum absolute atomic E-state index is 12.3. The molecule has 0 aromatic carbocycles. The molecule has 0 aliphatic heterocycles. The lowest BCUT2D eigenvalue weighted by Gasteiger charge is -2.24. The summed E-state index contributed by atoms with van der Waals surface area (Å²) in [6.07, 6.45) is 10.3. The Balaban J connectivity index is 4.30. The summed E-state index contributed by atoms with van der Waals surface area (Å²) in [7, 11) is 0. The molecule has 0 spiro atoms. The fourth-order valence-corrected chi connectivity index (χ4v) is 2.36. The van der Waals surface area contributed by atoms with Gasteiger partial charge in [-0.25, -0.2) is 0 Å². The topological polar surface area (TPSA) is 57.6 Å². The molecule has 0 saturated heterocycles. The summed E-state index contributed by atoms with van der Waals surface area (Å²) in [5.74, 6) is -1.32. The van der Waals surface area contributed by atoms with Crippen molar-refractivity contribution >= 4 is 11.9 Å². The summed E-state index contributed by atoms with van der Waals surface area (Å²) in [5.41, 5.74) is 0. The van der Waals surface area contributed by atoms with Crippen molar-refractivity contribution in [3.8, 4) is 0 Å². The van der Waals surface area contributed by atoms with E-state index in [1.807, 2.05) is 13.8 Å². The van der Waals surface area contributed by atoms with Crippen molar-refractivity contribution in [2.75, 3.05) is 13.1 Å². The van der Waals surface area contributed by atoms with E-state index in [4.69, 9.17) is 5.11 Å². The van der Waals surface area contributed by atoms with E-state index < -0.39 is 11.9 Å². The molecule has 122 valence electrons. The van der Waals surface area contributed by atoms with Crippen molar-refractivity contribution in [1.82, 2.24) is 4.90 Å². The molecule has 0 aromatic rings. The van der Waals surface area contributed by atoms with Gasteiger partial charge in [0, 0.05) is 19.0 Å². The number of aliphatic carboxylic acids is 1. The number of hydrogen-bond donors (Lipinski definition) is 1. The largest absolute Gasteiger partial charge is 0.481 e. The SMILES string of the molecule is CCCCC/C=C/CCC(CC(=O)O)C(=O)N(CC)CC. The van der Waals surface area contributed by atoms with E-state index in [1.165, 1.54) is 19.3 Å². The summed E-state index contributed by atoms with van der Waals surface area (Å²) in [4.78, 5) is 24.9. The molecular weight excluding hydrogens is 266 g/mol. The van der Waals surface area contributed by atoms with Crippen molar-refractivity contribution < 1.29 is 14.7 Å². The van der Waals surface area contributed by atoms with E-state index in [-0.39, 0.29) is 12.3 Å². The number of amides is 1. The van der Waals surface area contributed by atoms with Crippen LogP contribution in [0.25, 0.3) is 0 Å². The van der Waals surface area contributed by atoms with Gasteiger partial charge in [0.2, 0.25) is 5.91 Å². The van der Waals surface area contributed by atoms with Crippen LogP contribution in [0.1, 0.15) is 65.7 Å². The van der Waals surface area contributed by atoms with E-state index in [9.17, 15) is 9.59 Å². The van der Waals surface area contributed by atoms with Crippen LogP contribution in [-0.4, -0.2) is 35.0 Å². The zero-order chi connectivity index (χ0) is 16.1. The lowest BCUT2D eigenvalue weighted by Crippen LogP contribution is -2.36. The van der Waals surface area contributed by atoms with Crippen LogP contribution in [0.15, 0.2) is 12.2 Å². The molecule has 0 aliphatic rings. The summed E-state index contributed by atoms with van der Waals surface area (Å²) < 4.78 is 0. The van der Waals surface area contributed by atoms with Gasteiger partial charge in [-0.2, -0.15) is 0 Å². The molecule has 21 heavy (non-hydrogen) atoms. The number of carboxylic acids is 1. The van der Waals surface area contributed by atoms with Crippen molar-refractivity contribution in [2.45, 2.75) is 65.7 Å². The average Bonchev–Trinajstić information content (AvgIpc) is 2.45. The fraction of sp³-hybridized carbons (Fsp3) is 0.765. The first kappa shape index (κ1) is 19.7. The zero-order valence-electron chi connectivity index (χ0n) is 13.8. The fourth-order valence-electron chi connectivity index (χ4n) is 2.36. The molecule has 0 heterocycles. The van der Waals surface area contributed by atoms with Gasteiger partial charge in [0.1, 0.15) is 0 Å². The lowest BCUT2D eigenvalue weighted by atomic mass is 9.97. The Morgan fingerprint density at radius 1 is 1.05 bits per heavy atom. The standard InChI is InChI=1S/C17H31NO3/c1-4-7-8-9-10-11-12-13-15(14-16(19)20)17(21)18(5-2)6-3/h10-11,15H,4-9,12-14H2,1-3H3,(H,19,20)/b11-10+. The highest BCUT2D eigenvalue weighted by molar-refractivity contribution is 5.83. The predicted molar refractivity (Wildman–Crippen MR) is 86.2 cm³/mol. The molecule has 0 saturated carbocycles. The van der Waals surface area contributed by atoms with Gasteiger partial charge < -0.3 is 10.0 Å². The van der Waals surface area contributed by atoms with Gasteiger partial charge in [-0.1, -0.05) is 31.9 Å². The number of nitrogens with zero attached hydrogens (tertiary/aromatic N) is 1. The van der Waals surface area contributed by atoms with Gasteiger partial charge in [0.15, 0.2) is 0 Å². The first-order valence-corrected chi connectivity index (χ1v) is 8.22. The highest BCUT2D eigenvalue weighted by Gasteiger charge is 2.24. The number of carbonyl (C=O) groups is 2. The van der Waals surface area contributed by atoms with E-state index in [0.717, 1.165) is 12.8 Å². The quantitative estimate of drug-likeness (QED) is 0.439. The van der Waals surface area contributed by atoms with Crippen LogP contribution in [0.4, 0.5) is 0 Å². The monoisotopic (exact) mass is 297 g/mol. The minimum Gasteiger partial charge on any atom is -0.481 e. The molecule has 0 bridgehead atoms. The minimum atomic E-state index is -0.896. The van der Waals surface area contributed by atoms with Crippen molar-refractivity contribution in [2.24, 2.45) is 5.92 Å². The molecule has 0 fully saturated rings. The van der Waals surface area contributed by atoms with Gasteiger partial charge in [-0.3, -0.25) is 9.59 Å². The number of allylic oxidation sites excluding steroid dienone is 2. The van der Waals surface area contributed by atoms with E-state index >= 15 is 0 Å².